The molecule has 1 aliphatic carbocycles. The molecule has 0 aromatic rings. The van der Waals surface area contributed by atoms with Crippen molar-refractivity contribution >= 4 is 5.84 Å². The van der Waals surface area contributed by atoms with Gasteiger partial charge in [-0.3, -0.25) is 5.41 Å². The number of nitrogens with zero attached hydrogens (tertiary/aromatic N) is 1. The van der Waals surface area contributed by atoms with E-state index in [9.17, 15) is 0 Å². The Bertz CT molecular complexity index is 211. The van der Waals surface area contributed by atoms with Crippen molar-refractivity contribution in [1.29, 1.82) is 5.41 Å². The molecule has 0 radical (unpaired) electrons. The number of likely N-dealkylation sites (tertiary alicyclic amines) is 1. The first-order chi connectivity index (χ1) is 7.88. The second-order valence-electron chi connectivity index (χ2n) is 5.47. The van der Waals surface area contributed by atoms with E-state index in [0.29, 0.717) is 5.92 Å². The first-order valence-corrected chi connectivity index (χ1v) is 7.21. The van der Waals surface area contributed by atoms with Crippen molar-refractivity contribution in [1.82, 2.24) is 4.90 Å². The van der Waals surface area contributed by atoms with Crippen LogP contribution in [-0.4, -0.2) is 23.8 Å². The third kappa shape index (κ3) is 3.23. The summed E-state index contributed by atoms with van der Waals surface area (Å²) in [5.41, 5.74) is 0. The summed E-state index contributed by atoms with van der Waals surface area (Å²) in [4.78, 5) is 2.36. The minimum Gasteiger partial charge on any atom is -0.360 e. The maximum absolute atomic E-state index is 8.37. The highest BCUT2D eigenvalue weighted by Crippen LogP contribution is 2.25. The molecule has 2 fully saturated rings. The smallest absolute Gasteiger partial charge is 0.0989 e. The Labute approximate surface area is 99.9 Å². The van der Waals surface area contributed by atoms with Crippen LogP contribution < -0.4 is 0 Å². The van der Waals surface area contributed by atoms with Gasteiger partial charge in [0.25, 0.3) is 0 Å². The molecule has 0 aromatic carbocycles. The largest absolute Gasteiger partial charge is 0.360 e. The quantitative estimate of drug-likeness (QED) is 0.530. The molecular weight excluding hydrogens is 196 g/mol. The molecule has 0 bridgehead atoms. The molecule has 1 saturated carbocycles. The van der Waals surface area contributed by atoms with Crippen LogP contribution in [0.3, 0.4) is 0 Å². The fourth-order valence-electron chi connectivity index (χ4n) is 3.12. The van der Waals surface area contributed by atoms with Crippen molar-refractivity contribution in [2.45, 2.75) is 64.2 Å². The van der Waals surface area contributed by atoms with Crippen molar-refractivity contribution < 1.29 is 0 Å². The molecule has 2 rings (SSSR count). The average Bonchev–Trinajstić information content (AvgIpc) is 2.29. The minimum absolute atomic E-state index is 0.582. The first-order valence-electron chi connectivity index (χ1n) is 7.21. The Morgan fingerprint density at radius 2 is 1.25 bits per heavy atom. The van der Waals surface area contributed by atoms with Gasteiger partial charge in [-0.15, -0.1) is 0 Å². The summed E-state index contributed by atoms with van der Waals surface area (Å²) in [6.45, 7) is 2.30. The molecular formula is C14H26N2. The molecule has 0 aromatic heterocycles. The Morgan fingerprint density at radius 1 is 0.750 bits per heavy atom. The van der Waals surface area contributed by atoms with Gasteiger partial charge in [-0.25, -0.2) is 0 Å². The molecule has 1 N–H and O–H groups in total. The van der Waals surface area contributed by atoms with Crippen molar-refractivity contribution in [3.63, 3.8) is 0 Å². The molecule has 0 atom stereocenters. The predicted molar refractivity (Wildman–Crippen MR) is 69.0 cm³/mol. The highest BCUT2D eigenvalue weighted by atomic mass is 15.2. The van der Waals surface area contributed by atoms with Gasteiger partial charge >= 0.3 is 0 Å². The fourth-order valence-corrected chi connectivity index (χ4v) is 3.12. The lowest BCUT2D eigenvalue weighted by Gasteiger charge is -2.33. The van der Waals surface area contributed by atoms with E-state index >= 15 is 0 Å². The van der Waals surface area contributed by atoms with Gasteiger partial charge in [-0.1, -0.05) is 32.1 Å². The second kappa shape index (κ2) is 6.27. The number of rotatable bonds is 1. The van der Waals surface area contributed by atoms with Gasteiger partial charge in [0.2, 0.25) is 0 Å². The predicted octanol–water partition coefficient (Wildman–Crippen LogP) is 3.81. The zero-order valence-corrected chi connectivity index (χ0v) is 10.5. The van der Waals surface area contributed by atoms with Gasteiger partial charge in [0.15, 0.2) is 0 Å². The number of hydrogen-bond donors (Lipinski definition) is 1. The normalized spacial score (nSPS) is 24.9. The zero-order chi connectivity index (χ0) is 11.2. The molecule has 2 heteroatoms. The van der Waals surface area contributed by atoms with Gasteiger partial charge < -0.3 is 4.90 Å². The Hall–Kier alpha value is -0.530. The molecule has 1 aliphatic heterocycles. The highest BCUT2D eigenvalue weighted by Gasteiger charge is 2.22. The van der Waals surface area contributed by atoms with E-state index in [1.54, 1.807) is 0 Å². The molecule has 2 aliphatic rings. The average molecular weight is 222 g/mol. The van der Waals surface area contributed by atoms with E-state index in [-0.39, 0.29) is 0 Å². The van der Waals surface area contributed by atoms with Crippen LogP contribution in [0.4, 0.5) is 0 Å². The second-order valence-corrected chi connectivity index (χ2v) is 5.47. The summed E-state index contributed by atoms with van der Waals surface area (Å²) >= 11 is 0. The van der Waals surface area contributed by atoms with E-state index in [2.05, 4.69) is 4.90 Å². The number of amidine groups is 1. The maximum Gasteiger partial charge on any atom is 0.0989 e. The third-order valence-electron chi connectivity index (χ3n) is 4.19. The molecule has 92 valence electrons. The van der Waals surface area contributed by atoms with Crippen LogP contribution in [-0.2, 0) is 0 Å². The highest BCUT2D eigenvalue weighted by molar-refractivity contribution is 5.81. The SMILES string of the molecule is N=C(C1CCCCCCC1)N1CCCCC1. The topological polar surface area (TPSA) is 27.1 Å². The van der Waals surface area contributed by atoms with E-state index in [1.807, 2.05) is 0 Å². The Kier molecular flexibility index (Phi) is 4.68. The van der Waals surface area contributed by atoms with E-state index in [0.717, 1.165) is 18.9 Å². The van der Waals surface area contributed by atoms with E-state index in [1.165, 1.54) is 64.2 Å². The van der Waals surface area contributed by atoms with Crippen LogP contribution in [0.25, 0.3) is 0 Å². The standard InChI is InChI=1S/C14H26N2/c15-14(16-11-7-4-8-12-16)13-9-5-2-1-3-6-10-13/h13,15H,1-12H2. The first kappa shape index (κ1) is 11.9. The molecule has 16 heavy (non-hydrogen) atoms. The molecule has 1 saturated heterocycles. The summed E-state index contributed by atoms with van der Waals surface area (Å²) in [5.74, 6) is 1.56. The molecule has 1 heterocycles. The number of nitrogens with one attached hydrogen (secondary N) is 1. The van der Waals surface area contributed by atoms with Crippen molar-refractivity contribution in [2.24, 2.45) is 5.92 Å². The summed E-state index contributed by atoms with van der Waals surface area (Å²) in [6.07, 6.45) is 13.4. The van der Waals surface area contributed by atoms with Gasteiger partial charge in [-0.05, 0) is 32.1 Å². The monoisotopic (exact) mass is 222 g/mol. The van der Waals surface area contributed by atoms with Crippen LogP contribution in [0.1, 0.15) is 64.2 Å². The summed E-state index contributed by atoms with van der Waals surface area (Å²) in [6, 6.07) is 0. The maximum atomic E-state index is 8.37. The summed E-state index contributed by atoms with van der Waals surface area (Å²) in [7, 11) is 0. The molecule has 0 amide bonds. The van der Waals surface area contributed by atoms with E-state index < -0.39 is 0 Å². The van der Waals surface area contributed by atoms with E-state index in [4.69, 9.17) is 5.41 Å². The number of hydrogen-bond acceptors (Lipinski definition) is 1. The third-order valence-corrected chi connectivity index (χ3v) is 4.19. The van der Waals surface area contributed by atoms with Gasteiger partial charge in [0.05, 0.1) is 5.84 Å². The lowest BCUT2D eigenvalue weighted by atomic mass is 9.89. The number of piperidine rings is 1. The van der Waals surface area contributed by atoms with Crippen LogP contribution in [0.5, 0.6) is 0 Å². The fraction of sp³-hybridized carbons (Fsp3) is 0.929. The molecule has 0 unspecified atom stereocenters. The van der Waals surface area contributed by atoms with Crippen LogP contribution >= 0.6 is 0 Å². The lowest BCUT2D eigenvalue weighted by Crippen LogP contribution is -2.39. The Morgan fingerprint density at radius 3 is 1.88 bits per heavy atom. The van der Waals surface area contributed by atoms with Crippen molar-refractivity contribution in [3.05, 3.63) is 0 Å². The van der Waals surface area contributed by atoms with Gasteiger partial charge in [0.1, 0.15) is 0 Å². The van der Waals surface area contributed by atoms with Crippen molar-refractivity contribution in [2.75, 3.05) is 13.1 Å². The van der Waals surface area contributed by atoms with Crippen LogP contribution in [0.2, 0.25) is 0 Å². The lowest BCUT2D eigenvalue weighted by molar-refractivity contribution is 0.311. The van der Waals surface area contributed by atoms with Crippen LogP contribution in [0, 0.1) is 11.3 Å². The summed E-state index contributed by atoms with van der Waals surface area (Å²) < 4.78 is 0. The minimum atomic E-state index is 0.582. The Balaban J connectivity index is 1.85. The van der Waals surface area contributed by atoms with Gasteiger partial charge in [-0.2, -0.15) is 0 Å². The molecule has 0 spiro atoms. The molecule has 2 nitrogen and oxygen atoms in total. The van der Waals surface area contributed by atoms with Gasteiger partial charge in [0, 0.05) is 19.0 Å². The van der Waals surface area contributed by atoms with Crippen molar-refractivity contribution in [3.8, 4) is 0 Å². The zero-order valence-electron chi connectivity index (χ0n) is 10.5. The van der Waals surface area contributed by atoms with Crippen LogP contribution in [0.15, 0.2) is 0 Å². The summed E-state index contributed by atoms with van der Waals surface area (Å²) in [5, 5.41) is 8.37.